The van der Waals surface area contributed by atoms with E-state index in [-0.39, 0.29) is 5.69 Å². The molecule has 0 spiro atoms. The van der Waals surface area contributed by atoms with Crippen molar-refractivity contribution >= 4 is 29.5 Å². The first-order valence-electron chi connectivity index (χ1n) is 11.8. The van der Waals surface area contributed by atoms with Crippen LogP contribution in [0.4, 0.5) is 32.0 Å². The monoisotopic (exact) mass is 597 g/mol. The minimum Gasteiger partial charge on any atom is -0.478 e. The maximum Gasteiger partial charge on any atom is 0.416 e. The number of hydrogen-bond donors (Lipinski definition) is 2. The van der Waals surface area contributed by atoms with Crippen molar-refractivity contribution in [3.05, 3.63) is 100 Å². The Kier molecular flexibility index (Phi) is 9.29. The number of carbonyl (C=O) groups is 4. The molecule has 0 saturated carbocycles. The van der Waals surface area contributed by atoms with Crippen molar-refractivity contribution in [2.45, 2.75) is 38.4 Å². The van der Waals surface area contributed by atoms with Crippen molar-refractivity contribution in [3.8, 4) is 0 Å². The van der Waals surface area contributed by atoms with Crippen molar-refractivity contribution in [1.29, 1.82) is 0 Å². The predicted molar refractivity (Wildman–Crippen MR) is 133 cm³/mol. The Hall–Kier alpha value is -4.88. The van der Waals surface area contributed by atoms with Gasteiger partial charge in [0.1, 0.15) is 0 Å². The van der Waals surface area contributed by atoms with Gasteiger partial charge in [0, 0.05) is 5.69 Å². The summed E-state index contributed by atoms with van der Waals surface area (Å²) < 4.78 is 88.6. The van der Waals surface area contributed by atoms with Crippen LogP contribution in [0.5, 0.6) is 0 Å². The molecule has 3 rings (SSSR count). The molecule has 222 valence electrons. The Balaban J connectivity index is 1.99. The topological polar surface area (TPSA) is 119 Å². The summed E-state index contributed by atoms with van der Waals surface area (Å²) in [6, 6.07) is 10.2. The second kappa shape index (κ2) is 12.3. The Morgan fingerprint density at radius 2 is 1.19 bits per heavy atom. The SMILES string of the molecule is Cc1ccc(NC(=O)[C@H](OC(=O)c2cccc(C(F)(F)F)c2)[C@H](OC(=O)c2cccc(C(F)(F)F)c2)C(=O)O)c(C)c1. The van der Waals surface area contributed by atoms with Crippen LogP contribution in [0.3, 0.4) is 0 Å². The molecule has 0 unspecified atom stereocenters. The van der Waals surface area contributed by atoms with Gasteiger partial charge in [0.15, 0.2) is 0 Å². The van der Waals surface area contributed by atoms with Crippen molar-refractivity contribution in [3.63, 3.8) is 0 Å². The smallest absolute Gasteiger partial charge is 0.416 e. The van der Waals surface area contributed by atoms with Crippen LogP contribution in [-0.4, -0.2) is 41.1 Å². The largest absolute Gasteiger partial charge is 0.478 e. The van der Waals surface area contributed by atoms with Crippen LogP contribution in [0.1, 0.15) is 43.0 Å². The fraction of sp³-hybridized carbons (Fsp3) is 0.214. The number of benzene rings is 3. The van der Waals surface area contributed by atoms with Gasteiger partial charge in [-0.15, -0.1) is 0 Å². The first-order valence-corrected chi connectivity index (χ1v) is 11.8. The predicted octanol–water partition coefficient (Wildman–Crippen LogP) is 5.82. The van der Waals surface area contributed by atoms with Gasteiger partial charge in [-0.2, -0.15) is 26.3 Å². The molecule has 2 N–H and O–H groups in total. The van der Waals surface area contributed by atoms with Gasteiger partial charge in [-0.3, -0.25) is 4.79 Å². The second-order valence-corrected chi connectivity index (χ2v) is 8.95. The number of nitrogens with one attached hydrogen (secondary N) is 1. The summed E-state index contributed by atoms with van der Waals surface area (Å²) in [6.07, 6.45) is -14.9. The third-order valence-corrected chi connectivity index (χ3v) is 5.74. The fourth-order valence-electron chi connectivity index (χ4n) is 3.66. The molecule has 0 aromatic heterocycles. The minimum absolute atomic E-state index is 0.124. The van der Waals surface area contributed by atoms with E-state index in [4.69, 9.17) is 9.47 Å². The third kappa shape index (κ3) is 7.86. The molecule has 0 heterocycles. The molecule has 0 fully saturated rings. The highest BCUT2D eigenvalue weighted by Gasteiger charge is 2.42. The highest BCUT2D eigenvalue weighted by atomic mass is 19.4. The normalized spacial score (nSPS) is 13.0. The molecule has 0 radical (unpaired) electrons. The first kappa shape index (κ1) is 31.6. The average Bonchev–Trinajstić information content (AvgIpc) is 2.91. The number of halogens is 6. The summed E-state index contributed by atoms with van der Waals surface area (Å²) in [4.78, 5) is 50.8. The number of anilines is 1. The van der Waals surface area contributed by atoms with Crippen LogP contribution in [0.15, 0.2) is 66.7 Å². The molecular weight excluding hydrogens is 576 g/mol. The Morgan fingerprint density at radius 3 is 1.62 bits per heavy atom. The number of hydrogen-bond acceptors (Lipinski definition) is 6. The average molecular weight is 597 g/mol. The molecule has 0 aliphatic rings. The second-order valence-electron chi connectivity index (χ2n) is 8.95. The molecule has 0 aliphatic carbocycles. The van der Waals surface area contributed by atoms with Crippen LogP contribution >= 0.6 is 0 Å². The third-order valence-electron chi connectivity index (χ3n) is 5.74. The van der Waals surface area contributed by atoms with E-state index >= 15 is 0 Å². The number of amides is 1. The molecule has 42 heavy (non-hydrogen) atoms. The number of aliphatic carboxylic acids is 1. The minimum atomic E-state index is -4.86. The van der Waals surface area contributed by atoms with Gasteiger partial charge in [-0.05, 0) is 61.9 Å². The van der Waals surface area contributed by atoms with E-state index < -0.39 is 70.6 Å². The van der Waals surface area contributed by atoms with Crippen LogP contribution in [0, 0.1) is 13.8 Å². The summed E-state index contributed by atoms with van der Waals surface area (Å²) in [5.74, 6) is -6.60. The summed E-state index contributed by atoms with van der Waals surface area (Å²) in [5.41, 5.74) is -2.58. The van der Waals surface area contributed by atoms with Crippen molar-refractivity contribution in [2.24, 2.45) is 0 Å². The lowest BCUT2D eigenvalue weighted by molar-refractivity contribution is -0.157. The lowest BCUT2D eigenvalue weighted by atomic mass is 10.1. The molecule has 1 amide bonds. The Labute approximate surface area is 233 Å². The van der Waals surface area contributed by atoms with E-state index in [0.29, 0.717) is 29.8 Å². The van der Waals surface area contributed by atoms with Crippen LogP contribution in [-0.2, 0) is 31.4 Å². The van der Waals surface area contributed by atoms with Crippen LogP contribution in [0.2, 0.25) is 0 Å². The molecule has 3 aromatic rings. The number of carbonyl (C=O) groups excluding carboxylic acids is 3. The molecule has 3 aromatic carbocycles. The van der Waals surface area contributed by atoms with E-state index in [1.165, 1.54) is 6.07 Å². The van der Waals surface area contributed by atoms with Gasteiger partial charge in [-0.1, -0.05) is 29.8 Å². The van der Waals surface area contributed by atoms with E-state index in [1.807, 2.05) is 0 Å². The van der Waals surface area contributed by atoms with Crippen LogP contribution in [0.25, 0.3) is 0 Å². The number of alkyl halides is 6. The van der Waals surface area contributed by atoms with Gasteiger partial charge < -0.3 is 19.9 Å². The van der Waals surface area contributed by atoms with Crippen molar-refractivity contribution in [1.82, 2.24) is 0 Å². The maximum absolute atomic E-state index is 13.2. The number of ether oxygens (including phenoxy) is 2. The number of carboxylic acids is 1. The molecule has 8 nitrogen and oxygen atoms in total. The zero-order valence-electron chi connectivity index (χ0n) is 21.7. The highest BCUT2D eigenvalue weighted by Crippen LogP contribution is 2.31. The lowest BCUT2D eigenvalue weighted by Gasteiger charge is -2.24. The summed E-state index contributed by atoms with van der Waals surface area (Å²) in [7, 11) is 0. The van der Waals surface area contributed by atoms with E-state index in [2.05, 4.69) is 5.32 Å². The van der Waals surface area contributed by atoms with Crippen molar-refractivity contribution < 1.29 is 60.1 Å². The summed E-state index contributed by atoms with van der Waals surface area (Å²) in [6.45, 7) is 3.32. The fourth-order valence-corrected chi connectivity index (χ4v) is 3.66. The zero-order chi connectivity index (χ0) is 31.4. The first-order chi connectivity index (χ1) is 19.5. The molecule has 14 heteroatoms. The van der Waals surface area contributed by atoms with Gasteiger partial charge in [-0.25, -0.2) is 14.4 Å². The van der Waals surface area contributed by atoms with Gasteiger partial charge >= 0.3 is 30.3 Å². The maximum atomic E-state index is 13.2. The Morgan fingerprint density at radius 1 is 0.714 bits per heavy atom. The molecule has 0 aliphatic heterocycles. The molecule has 0 bridgehead atoms. The van der Waals surface area contributed by atoms with Crippen molar-refractivity contribution in [2.75, 3.05) is 5.32 Å². The number of rotatable bonds is 8. The Bertz CT molecular complexity index is 1520. The van der Waals surface area contributed by atoms with Gasteiger partial charge in [0.2, 0.25) is 12.2 Å². The lowest BCUT2D eigenvalue weighted by Crippen LogP contribution is -2.48. The quantitative estimate of drug-likeness (QED) is 0.248. The van der Waals surface area contributed by atoms with E-state index in [0.717, 1.165) is 29.8 Å². The van der Waals surface area contributed by atoms with E-state index in [1.54, 1.807) is 26.0 Å². The highest BCUT2D eigenvalue weighted by molar-refractivity contribution is 6.02. The summed E-state index contributed by atoms with van der Waals surface area (Å²) in [5, 5.41) is 12.1. The number of carboxylic acid groups (broad SMARTS) is 1. The number of aryl methyl sites for hydroxylation is 2. The van der Waals surface area contributed by atoms with Gasteiger partial charge in [0.05, 0.1) is 22.3 Å². The molecule has 0 saturated heterocycles. The van der Waals surface area contributed by atoms with E-state index in [9.17, 15) is 50.6 Å². The standard InChI is InChI=1S/C28H21F6NO7/c1-14-9-10-20(15(2)11-14)35-23(36)21(41-25(39)16-5-3-7-18(12-16)27(29,30)31)22(24(37)38)42-26(40)17-6-4-8-19(13-17)28(32,33)34/h3-13,21-22H,1-2H3,(H,35,36)(H,37,38)/t21-,22+/m1/s1. The zero-order valence-corrected chi connectivity index (χ0v) is 21.7. The number of esters is 2. The van der Waals surface area contributed by atoms with Gasteiger partial charge in [0.25, 0.3) is 5.91 Å². The molecular formula is C28H21F6NO7. The van der Waals surface area contributed by atoms with Crippen LogP contribution < -0.4 is 5.32 Å². The summed E-state index contributed by atoms with van der Waals surface area (Å²) >= 11 is 0. The molecule has 2 atom stereocenters.